The van der Waals surface area contributed by atoms with Crippen molar-refractivity contribution in [2.75, 3.05) is 25.1 Å². The Morgan fingerprint density at radius 1 is 1.38 bits per heavy atom. The van der Waals surface area contributed by atoms with Gasteiger partial charge in [0.1, 0.15) is 24.0 Å². The highest BCUT2D eigenvalue weighted by Crippen LogP contribution is 2.26. The summed E-state index contributed by atoms with van der Waals surface area (Å²) in [6.45, 7) is 1.11. The quantitative estimate of drug-likeness (QED) is 0.743. The Morgan fingerprint density at radius 2 is 2.27 bits per heavy atom. The molecule has 0 radical (unpaired) electrons. The third-order valence-corrected chi connectivity index (χ3v) is 4.02. The van der Waals surface area contributed by atoms with Gasteiger partial charge >= 0.3 is 6.03 Å². The number of amides is 2. The number of hydrogen-bond acceptors (Lipinski definition) is 6. The van der Waals surface area contributed by atoms with Crippen molar-refractivity contribution in [2.45, 2.75) is 6.04 Å². The first-order valence-corrected chi connectivity index (χ1v) is 7.94. The van der Waals surface area contributed by atoms with Crippen LogP contribution < -0.4 is 5.32 Å². The van der Waals surface area contributed by atoms with Crippen LogP contribution >= 0.6 is 0 Å². The molecule has 0 saturated carbocycles. The summed E-state index contributed by atoms with van der Waals surface area (Å²) in [6.07, 6.45) is 1.37. The largest absolute Gasteiger partial charge is 0.377 e. The fraction of sp³-hybridized carbons (Fsp3) is 0.250. The van der Waals surface area contributed by atoms with Crippen LogP contribution in [0.3, 0.4) is 0 Å². The molecule has 0 bridgehead atoms. The molecule has 2 amide bonds. The number of aromatic nitrogens is 4. The molecule has 10 heteroatoms. The lowest BCUT2D eigenvalue weighted by atomic mass is 10.1. The zero-order chi connectivity index (χ0) is 17.9. The average molecular weight is 358 g/mol. The van der Waals surface area contributed by atoms with Gasteiger partial charge in [-0.1, -0.05) is 17.3 Å². The third-order valence-electron chi connectivity index (χ3n) is 4.02. The van der Waals surface area contributed by atoms with Crippen molar-refractivity contribution in [3.8, 4) is 11.3 Å². The molecule has 0 spiro atoms. The van der Waals surface area contributed by atoms with Gasteiger partial charge in [0.25, 0.3) is 0 Å². The molecule has 9 nitrogen and oxygen atoms in total. The third kappa shape index (κ3) is 3.14. The second-order valence-corrected chi connectivity index (χ2v) is 5.64. The molecule has 134 valence electrons. The highest BCUT2D eigenvalue weighted by Gasteiger charge is 2.31. The van der Waals surface area contributed by atoms with Gasteiger partial charge in [-0.05, 0) is 12.1 Å². The lowest BCUT2D eigenvalue weighted by Gasteiger charge is -2.33. The number of nitrogens with one attached hydrogen (secondary N) is 2. The van der Waals surface area contributed by atoms with Gasteiger partial charge in [-0.15, -0.1) is 0 Å². The minimum atomic E-state index is -0.430. The molecule has 2 N–H and O–H groups in total. The fourth-order valence-corrected chi connectivity index (χ4v) is 2.75. The van der Waals surface area contributed by atoms with Crippen LogP contribution in [0.5, 0.6) is 0 Å². The van der Waals surface area contributed by atoms with Crippen molar-refractivity contribution in [2.24, 2.45) is 0 Å². The van der Waals surface area contributed by atoms with E-state index in [0.29, 0.717) is 25.6 Å². The Hall–Kier alpha value is -3.27. The Balaban J connectivity index is 1.50. The molecule has 1 aliphatic heterocycles. The first-order chi connectivity index (χ1) is 12.7. The van der Waals surface area contributed by atoms with Crippen LogP contribution in [0.25, 0.3) is 11.3 Å². The molecule has 3 heterocycles. The zero-order valence-electron chi connectivity index (χ0n) is 13.6. The van der Waals surface area contributed by atoms with Crippen LogP contribution in [0.2, 0.25) is 0 Å². The number of aromatic amines is 1. The number of ether oxygens (including phenoxy) is 1. The molecular formula is C16H15FN6O3. The number of benzene rings is 1. The summed E-state index contributed by atoms with van der Waals surface area (Å²) in [5.41, 5.74) is 0.270. The summed E-state index contributed by atoms with van der Waals surface area (Å²) in [5.74, 6) is 0.523. The molecule has 1 unspecified atom stereocenters. The summed E-state index contributed by atoms with van der Waals surface area (Å²) in [7, 11) is 0. The topological polar surface area (TPSA) is 109 Å². The normalized spacial score (nSPS) is 17.3. The molecule has 26 heavy (non-hydrogen) atoms. The number of morpholine rings is 1. The number of hydrogen-bond donors (Lipinski definition) is 2. The van der Waals surface area contributed by atoms with E-state index in [1.54, 1.807) is 23.1 Å². The van der Waals surface area contributed by atoms with Crippen molar-refractivity contribution in [3.63, 3.8) is 0 Å². The van der Waals surface area contributed by atoms with E-state index >= 15 is 0 Å². The molecule has 2 aromatic heterocycles. The Morgan fingerprint density at radius 3 is 3.08 bits per heavy atom. The van der Waals surface area contributed by atoms with Crippen LogP contribution in [-0.4, -0.2) is 51.0 Å². The van der Waals surface area contributed by atoms with Gasteiger partial charge in [-0.2, -0.15) is 5.10 Å². The number of halogens is 1. The van der Waals surface area contributed by atoms with E-state index in [9.17, 15) is 9.18 Å². The van der Waals surface area contributed by atoms with E-state index in [1.165, 1.54) is 18.5 Å². The summed E-state index contributed by atoms with van der Waals surface area (Å²) in [4.78, 5) is 18.3. The number of rotatable bonds is 3. The molecule has 1 aromatic carbocycles. The number of H-pyrrole nitrogens is 1. The number of anilines is 1. The van der Waals surface area contributed by atoms with Crippen LogP contribution in [-0.2, 0) is 4.74 Å². The van der Waals surface area contributed by atoms with E-state index in [2.05, 4.69) is 25.7 Å². The number of carbonyl (C=O) groups is 1. The summed E-state index contributed by atoms with van der Waals surface area (Å²) >= 11 is 0. The second-order valence-electron chi connectivity index (χ2n) is 5.64. The molecule has 3 aromatic rings. The van der Waals surface area contributed by atoms with E-state index in [4.69, 9.17) is 9.26 Å². The first-order valence-electron chi connectivity index (χ1n) is 7.94. The predicted molar refractivity (Wildman–Crippen MR) is 87.6 cm³/mol. The van der Waals surface area contributed by atoms with Crippen LogP contribution in [0.4, 0.5) is 15.0 Å². The monoisotopic (exact) mass is 358 g/mol. The van der Waals surface area contributed by atoms with Crippen molar-refractivity contribution >= 4 is 11.8 Å². The van der Waals surface area contributed by atoms with Gasteiger partial charge in [-0.3, -0.25) is 10.4 Å². The molecule has 0 aliphatic carbocycles. The highest BCUT2D eigenvalue weighted by atomic mass is 19.1. The summed E-state index contributed by atoms with van der Waals surface area (Å²) in [5, 5.41) is 13.0. The van der Waals surface area contributed by atoms with E-state index < -0.39 is 5.82 Å². The number of carbonyl (C=O) groups excluding carboxylic acids is 1. The van der Waals surface area contributed by atoms with Crippen molar-refractivity contribution in [1.82, 2.24) is 25.2 Å². The maximum absolute atomic E-state index is 13.8. The van der Waals surface area contributed by atoms with Crippen molar-refractivity contribution in [3.05, 3.63) is 48.3 Å². The Kier molecular flexibility index (Phi) is 4.32. The number of nitrogens with zero attached hydrogens (tertiary/aromatic N) is 4. The average Bonchev–Trinajstić information content (AvgIpc) is 3.34. The van der Waals surface area contributed by atoms with Gasteiger partial charge in [0.05, 0.1) is 18.8 Å². The maximum Gasteiger partial charge on any atom is 0.323 e. The summed E-state index contributed by atoms with van der Waals surface area (Å²) < 4.78 is 24.4. The maximum atomic E-state index is 13.8. The Labute approximate surface area is 147 Å². The zero-order valence-corrected chi connectivity index (χ0v) is 13.6. The number of urea groups is 1. The van der Waals surface area contributed by atoms with E-state index in [1.807, 2.05) is 0 Å². The fourth-order valence-electron chi connectivity index (χ4n) is 2.75. The van der Waals surface area contributed by atoms with Crippen molar-refractivity contribution in [1.29, 1.82) is 0 Å². The standard InChI is InChI=1S/C16H15FN6O3/c17-11-4-2-1-3-10(11)13-7-14(22-26-13)20-16(24)23-5-6-25-8-12(23)15-18-9-19-21-15/h1-4,7,9,12H,5-6,8H2,(H,18,19,21)(H,20,22,24). The lowest BCUT2D eigenvalue weighted by molar-refractivity contribution is 0.0118. The SMILES string of the molecule is O=C(Nc1cc(-c2ccccc2F)on1)N1CCOCC1c1ncn[nH]1. The second kappa shape index (κ2) is 6.92. The minimum Gasteiger partial charge on any atom is -0.377 e. The van der Waals surface area contributed by atoms with Gasteiger partial charge in [0.2, 0.25) is 0 Å². The van der Waals surface area contributed by atoms with Crippen molar-refractivity contribution < 1.29 is 18.4 Å². The molecule has 1 fully saturated rings. The summed E-state index contributed by atoms with van der Waals surface area (Å²) in [6, 6.07) is 6.87. The Bertz CT molecular complexity index is 897. The smallest absolute Gasteiger partial charge is 0.323 e. The lowest BCUT2D eigenvalue weighted by Crippen LogP contribution is -2.45. The van der Waals surface area contributed by atoms with Gasteiger partial charge in [0.15, 0.2) is 11.6 Å². The predicted octanol–water partition coefficient (Wildman–Crippen LogP) is 2.20. The van der Waals surface area contributed by atoms with E-state index in [0.717, 1.165) is 0 Å². The minimum absolute atomic E-state index is 0.191. The first kappa shape index (κ1) is 16.2. The van der Waals surface area contributed by atoms with Gasteiger partial charge < -0.3 is 14.2 Å². The molecular weight excluding hydrogens is 343 g/mol. The van der Waals surface area contributed by atoms with Crippen LogP contribution in [0.1, 0.15) is 11.9 Å². The molecule has 1 atom stereocenters. The van der Waals surface area contributed by atoms with Gasteiger partial charge in [-0.25, -0.2) is 14.2 Å². The van der Waals surface area contributed by atoms with Crippen LogP contribution in [0.15, 0.2) is 41.2 Å². The molecule has 1 saturated heterocycles. The molecule has 1 aliphatic rings. The van der Waals surface area contributed by atoms with Crippen LogP contribution in [0, 0.1) is 5.82 Å². The highest BCUT2D eigenvalue weighted by molar-refractivity contribution is 5.89. The van der Waals surface area contributed by atoms with E-state index in [-0.39, 0.29) is 29.2 Å². The van der Waals surface area contributed by atoms with Gasteiger partial charge in [0, 0.05) is 12.6 Å². The molecule has 4 rings (SSSR count).